The third kappa shape index (κ3) is 10.5. The van der Waals surface area contributed by atoms with Gasteiger partial charge in [-0.3, -0.25) is 4.90 Å². The molecule has 0 spiro atoms. The van der Waals surface area contributed by atoms with Gasteiger partial charge in [0.2, 0.25) is 0 Å². The van der Waals surface area contributed by atoms with Crippen molar-refractivity contribution in [1.29, 1.82) is 0 Å². The highest BCUT2D eigenvalue weighted by Gasteiger charge is 2.22. The van der Waals surface area contributed by atoms with E-state index >= 15 is 0 Å². The molecule has 0 fully saturated rings. The number of hydrogen-bond donors (Lipinski definition) is 2. The van der Waals surface area contributed by atoms with Gasteiger partial charge in [0.25, 0.3) is 0 Å². The summed E-state index contributed by atoms with van der Waals surface area (Å²) in [6.45, 7) is 19.6. The van der Waals surface area contributed by atoms with Gasteiger partial charge in [0.1, 0.15) is 0 Å². The molecule has 0 heterocycles. The van der Waals surface area contributed by atoms with E-state index < -0.39 is 0 Å². The Morgan fingerprint density at radius 3 is 1.33 bits per heavy atom. The van der Waals surface area contributed by atoms with Gasteiger partial charge in [-0.2, -0.15) is 25.3 Å². The zero-order chi connectivity index (χ0) is 14.4. The average Bonchev–Trinajstić information content (AvgIpc) is 2.14. The van der Waals surface area contributed by atoms with Crippen molar-refractivity contribution in [3.8, 4) is 0 Å². The second-order valence-corrected chi connectivity index (χ2v) is 8.78. The third-order valence-corrected chi connectivity index (χ3v) is 3.13. The summed E-state index contributed by atoms with van der Waals surface area (Å²) in [6, 6.07) is 0. The number of nitrogens with zero attached hydrogens (tertiary/aromatic N) is 2. The van der Waals surface area contributed by atoms with E-state index in [0.29, 0.717) is 0 Å². The molecule has 0 aliphatic rings. The summed E-state index contributed by atoms with van der Waals surface area (Å²) in [5, 5.41) is 0. The maximum absolute atomic E-state index is 4.65. The molecule has 2 nitrogen and oxygen atoms in total. The van der Waals surface area contributed by atoms with Gasteiger partial charge < -0.3 is 4.90 Å². The van der Waals surface area contributed by atoms with Crippen molar-refractivity contribution in [3.05, 3.63) is 0 Å². The van der Waals surface area contributed by atoms with Crippen LogP contribution in [0.2, 0.25) is 0 Å². The molecule has 18 heavy (non-hydrogen) atoms. The van der Waals surface area contributed by atoms with Gasteiger partial charge in [0.05, 0.1) is 0 Å². The first-order chi connectivity index (χ1) is 8.07. The first-order valence-electron chi connectivity index (χ1n) is 6.97. The molecule has 0 aliphatic heterocycles. The molecule has 110 valence electrons. The summed E-state index contributed by atoms with van der Waals surface area (Å²) < 4.78 is 0.0879. The van der Waals surface area contributed by atoms with Gasteiger partial charge in [0.15, 0.2) is 0 Å². The first-order valence-corrected chi connectivity index (χ1v) is 7.86. The quantitative estimate of drug-likeness (QED) is 0.631. The predicted molar refractivity (Wildman–Crippen MR) is 90.4 cm³/mol. The summed E-state index contributed by atoms with van der Waals surface area (Å²) in [6.07, 6.45) is 0. The first kappa shape index (κ1) is 18.6. The molecule has 0 amide bonds. The van der Waals surface area contributed by atoms with E-state index in [0.717, 1.165) is 39.3 Å². The Kier molecular flexibility index (Phi) is 8.31. The van der Waals surface area contributed by atoms with Crippen LogP contribution in [0.3, 0.4) is 0 Å². The third-order valence-electron chi connectivity index (χ3n) is 2.85. The Bertz CT molecular complexity index is 199. The van der Waals surface area contributed by atoms with E-state index in [4.69, 9.17) is 0 Å². The van der Waals surface area contributed by atoms with Crippen LogP contribution in [0, 0.1) is 0 Å². The molecule has 0 bridgehead atoms. The zero-order valence-electron chi connectivity index (χ0n) is 13.0. The topological polar surface area (TPSA) is 6.48 Å². The molecule has 0 aromatic rings. The summed E-state index contributed by atoms with van der Waals surface area (Å²) in [5.74, 6) is 0. The molecule has 4 heteroatoms. The van der Waals surface area contributed by atoms with Crippen molar-refractivity contribution in [1.82, 2.24) is 9.80 Å². The highest BCUT2D eigenvalue weighted by molar-refractivity contribution is 7.82. The summed E-state index contributed by atoms with van der Waals surface area (Å²) >= 11 is 9.31. The van der Waals surface area contributed by atoms with Crippen LogP contribution in [-0.4, -0.2) is 58.6 Å². The lowest BCUT2D eigenvalue weighted by Crippen LogP contribution is -2.45. The van der Waals surface area contributed by atoms with E-state index in [9.17, 15) is 0 Å². The maximum atomic E-state index is 4.65. The van der Waals surface area contributed by atoms with E-state index in [2.05, 4.69) is 76.6 Å². The summed E-state index contributed by atoms with van der Waals surface area (Å²) in [5.41, 5.74) is 0. The Hall–Kier alpha value is 0.620. The fraction of sp³-hybridized carbons (Fsp3) is 1.00. The lowest BCUT2D eigenvalue weighted by molar-refractivity contribution is 0.196. The van der Waals surface area contributed by atoms with E-state index in [-0.39, 0.29) is 9.49 Å². The second kappa shape index (κ2) is 8.03. The Morgan fingerprint density at radius 1 is 0.722 bits per heavy atom. The standard InChI is InChI=1S/C14H32N2S2/c1-7-15(8-2)9-10-16(11-13(3,4)17)12-14(5,6)18/h17-18H,7-12H2,1-6H3. The van der Waals surface area contributed by atoms with Crippen molar-refractivity contribution in [3.63, 3.8) is 0 Å². The van der Waals surface area contributed by atoms with Crippen LogP contribution in [0.4, 0.5) is 0 Å². The molecular weight excluding hydrogens is 260 g/mol. The Morgan fingerprint density at radius 2 is 1.06 bits per heavy atom. The van der Waals surface area contributed by atoms with Crippen molar-refractivity contribution in [2.24, 2.45) is 0 Å². The van der Waals surface area contributed by atoms with Crippen molar-refractivity contribution in [2.75, 3.05) is 39.3 Å². The molecule has 0 radical (unpaired) electrons. The molecular formula is C14H32N2S2. The molecule has 0 rings (SSSR count). The highest BCUT2D eigenvalue weighted by atomic mass is 32.1. The lowest BCUT2D eigenvalue weighted by Gasteiger charge is -2.35. The number of hydrogen-bond acceptors (Lipinski definition) is 4. The van der Waals surface area contributed by atoms with E-state index in [1.165, 1.54) is 0 Å². The van der Waals surface area contributed by atoms with Gasteiger partial charge in [-0.15, -0.1) is 0 Å². The normalized spacial score (nSPS) is 13.7. The van der Waals surface area contributed by atoms with E-state index in [1.807, 2.05) is 0 Å². The molecule has 0 aromatic carbocycles. The lowest BCUT2D eigenvalue weighted by atomic mass is 10.1. The molecule has 0 N–H and O–H groups in total. The fourth-order valence-electron chi connectivity index (χ4n) is 2.13. The number of rotatable bonds is 9. The predicted octanol–water partition coefficient (Wildman–Crippen LogP) is 3.05. The number of thiol groups is 2. The van der Waals surface area contributed by atoms with Crippen LogP contribution in [0.5, 0.6) is 0 Å². The van der Waals surface area contributed by atoms with Gasteiger partial charge in [-0.1, -0.05) is 13.8 Å². The van der Waals surface area contributed by atoms with Gasteiger partial charge >= 0.3 is 0 Å². The summed E-state index contributed by atoms with van der Waals surface area (Å²) in [4.78, 5) is 4.95. The minimum atomic E-state index is 0.0439. The van der Waals surface area contributed by atoms with Crippen LogP contribution < -0.4 is 0 Å². The van der Waals surface area contributed by atoms with Crippen LogP contribution in [0.15, 0.2) is 0 Å². The molecule has 0 unspecified atom stereocenters. The Balaban J connectivity index is 4.38. The molecule has 0 aromatic heterocycles. The van der Waals surface area contributed by atoms with Crippen molar-refractivity contribution in [2.45, 2.75) is 51.0 Å². The molecule has 0 saturated heterocycles. The maximum Gasteiger partial charge on any atom is 0.0200 e. The smallest absolute Gasteiger partial charge is 0.0200 e. The van der Waals surface area contributed by atoms with Gasteiger partial charge in [0, 0.05) is 35.7 Å². The largest absolute Gasteiger partial charge is 0.303 e. The Labute approximate surface area is 125 Å². The molecule has 0 aliphatic carbocycles. The summed E-state index contributed by atoms with van der Waals surface area (Å²) in [7, 11) is 0. The fourth-order valence-corrected chi connectivity index (χ4v) is 2.53. The second-order valence-electron chi connectivity index (χ2n) is 6.36. The van der Waals surface area contributed by atoms with E-state index in [1.54, 1.807) is 0 Å². The van der Waals surface area contributed by atoms with Crippen molar-refractivity contribution < 1.29 is 0 Å². The average molecular weight is 293 g/mol. The van der Waals surface area contributed by atoms with Crippen molar-refractivity contribution >= 4 is 25.3 Å². The zero-order valence-corrected chi connectivity index (χ0v) is 14.8. The van der Waals surface area contributed by atoms with Crippen LogP contribution in [-0.2, 0) is 0 Å². The van der Waals surface area contributed by atoms with Gasteiger partial charge in [-0.25, -0.2) is 0 Å². The highest BCUT2D eigenvalue weighted by Crippen LogP contribution is 2.19. The molecule has 0 saturated carbocycles. The monoisotopic (exact) mass is 292 g/mol. The van der Waals surface area contributed by atoms with Crippen LogP contribution >= 0.6 is 25.3 Å². The van der Waals surface area contributed by atoms with Crippen LogP contribution in [0.1, 0.15) is 41.5 Å². The number of likely N-dealkylation sites (N-methyl/N-ethyl adjacent to an activating group) is 1. The van der Waals surface area contributed by atoms with Crippen LogP contribution in [0.25, 0.3) is 0 Å². The minimum Gasteiger partial charge on any atom is -0.303 e. The minimum absolute atomic E-state index is 0.0439. The molecule has 0 atom stereocenters. The SMILES string of the molecule is CCN(CC)CCN(CC(C)(C)S)CC(C)(C)S. The van der Waals surface area contributed by atoms with Gasteiger partial charge in [-0.05, 0) is 40.8 Å².